The number of piperidine rings is 1. The zero-order valence-corrected chi connectivity index (χ0v) is 17.2. The highest BCUT2D eigenvalue weighted by Gasteiger charge is 2.23. The van der Waals surface area contributed by atoms with Crippen molar-refractivity contribution in [2.45, 2.75) is 57.8 Å². The predicted octanol–water partition coefficient (Wildman–Crippen LogP) is 2.61. The van der Waals surface area contributed by atoms with E-state index in [-0.39, 0.29) is 0 Å². The monoisotopic (exact) mass is 390 g/mol. The molecule has 1 aromatic rings. The van der Waals surface area contributed by atoms with Crippen molar-refractivity contribution in [3.63, 3.8) is 0 Å². The standard InChI is InChI=1S/C21H34N4O3/c1-3-22-21(24-15-17-7-10-23-20(14-17)26-2)25-11-8-18(9-12-25)28-16-19-6-4-5-13-27-19/h7,10,14,18-19H,3-6,8-9,11-13,15-16H2,1-2H3,(H,22,24). The molecule has 1 unspecified atom stereocenters. The molecular formula is C21H34N4O3. The molecule has 0 amide bonds. The summed E-state index contributed by atoms with van der Waals surface area (Å²) in [6, 6.07) is 3.91. The Morgan fingerprint density at radius 3 is 2.89 bits per heavy atom. The molecule has 2 aliphatic heterocycles. The first-order valence-electron chi connectivity index (χ1n) is 10.5. The Kier molecular flexibility index (Phi) is 8.36. The first-order valence-corrected chi connectivity index (χ1v) is 10.5. The van der Waals surface area contributed by atoms with Gasteiger partial charge in [-0.1, -0.05) is 0 Å². The maximum atomic E-state index is 6.13. The average Bonchev–Trinajstić information content (AvgIpc) is 2.76. The molecule has 2 fully saturated rings. The molecule has 7 heteroatoms. The van der Waals surface area contributed by atoms with Gasteiger partial charge in [0.25, 0.3) is 0 Å². The van der Waals surface area contributed by atoms with Crippen LogP contribution < -0.4 is 10.1 Å². The highest BCUT2D eigenvalue weighted by atomic mass is 16.5. The van der Waals surface area contributed by atoms with Gasteiger partial charge in [0, 0.05) is 38.5 Å². The van der Waals surface area contributed by atoms with Crippen LogP contribution in [0.3, 0.4) is 0 Å². The lowest BCUT2D eigenvalue weighted by Gasteiger charge is -2.35. The molecule has 0 aromatic carbocycles. The van der Waals surface area contributed by atoms with Gasteiger partial charge in [0.15, 0.2) is 5.96 Å². The number of methoxy groups -OCH3 is 1. The Morgan fingerprint density at radius 2 is 2.18 bits per heavy atom. The third-order valence-electron chi connectivity index (χ3n) is 5.29. The van der Waals surface area contributed by atoms with Gasteiger partial charge in [0.1, 0.15) is 0 Å². The number of aromatic nitrogens is 1. The highest BCUT2D eigenvalue weighted by molar-refractivity contribution is 5.80. The molecule has 0 saturated carbocycles. The summed E-state index contributed by atoms with van der Waals surface area (Å²) in [4.78, 5) is 11.3. The minimum Gasteiger partial charge on any atom is -0.481 e. The molecule has 1 atom stereocenters. The van der Waals surface area contributed by atoms with Crippen LogP contribution in [0.2, 0.25) is 0 Å². The van der Waals surface area contributed by atoms with Gasteiger partial charge in [-0.2, -0.15) is 0 Å². The topological polar surface area (TPSA) is 68.2 Å². The van der Waals surface area contributed by atoms with E-state index >= 15 is 0 Å². The summed E-state index contributed by atoms with van der Waals surface area (Å²) in [5.74, 6) is 1.59. The fourth-order valence-electron chi connectivity index (χ4n) is 3.67. The molecule has 1 aromatic heterocycles. The van der Waals surface area contributed by atoms with Gasteiger partial charge in [-0.05, 0) is 50.7 Å². The molecule has 156 valence electrons. The molecular weight excluding hydrogens is 356 g/mol. The van der Waals surface area contributed by atoms with Gasteiger partial charge in [0.05, 0.1) is 32.5 Å². The van der Waals surface area contributed by atoms with Crippen molar-refractivity contribution in [1.82, 2.24) is 15.2 Å². The predicted molar refractivity (Wildman–Crippen MR) is 110 cm³/mol. The second-order valence-corrected chi connectivity index (χ2v) is 7.38. The Bertz CT molecular complexity index is 611. The lowest BCUT2D eigenvalue weighted by atomic mass is 10.1. The third-order valence-corrected chi connectivity index (χ3v) is 5.29. The van der Waals surface area contributed by atoms with Crippen molar-refractivity contribution in [3.8, 4) is 5.88 Å². The summed E-state index contributed by atoms with van der Waals surface area (Å²) >= 11 is 0. The number of aliphatic imine (C=N–C) groups is 1. The summed E-state index contributed by atoms with van der Waals surface area (Å²) in [6.45, 7) is 7.11. The molecule has 2 aliphatic rings. The molecule has 0 spiro atoms. The van der Waals surface area contributed by atoms with Crippen LogP contribution in [0.15, 0.2) is 23.3 Å². The van der Waals surface area contributed by atoms with Crippen LogP contribution in [-0.4, -0.2) is 68.0 Å². The van der Waals surface area contributed by atoms with E-state index in [9.17, 15) is 0 Å². The molecule has 7 nitrogen and oxygen atoms in total. The number of rotatable bonds is 7. The molecule has 28 heavy (non-hydrogen) atoms. The number of likely N-dealkylation sites (tertiary alicyclic amines) is 1. The number of nitrogens with zero attached hydrogens (tertiary/aromatic N) is 3. The number of nitrogens with one attached hydrogen (secondary N) is 1. The molecule has 0 radical (unpaired) electrons. The number of ether oxygens (including phenoxy) is 3. The average molecular weight is 391 g/mol. The van der Waals surface area contributed by atoms with Gasteiger partial charge in [0.2, 0.25) is 5.88 Å². The van der Waals surface area contributed by atoms with E-state index in [0.717, 1.165) is 63.6 Å². The summed E-state index contributed by atoms with van der Waals surface area (Å²) in [6.07, 6.45) is 8.02. The van der Waals surface area contributed by atoms with E-state index in [0.29, 0.717) is 24.6 Å². The van der Waals surface area contributed by atoms with Crippen LogP contribution in [0.25, 0.3) is 0 Å². The minimum atomic E-state index is 0.294. The van der Waals surface area contributed by atoms with Crippen LogP contribution in [0.4, 0.5) is 0 Å². The zero-order valence-electron chi connectivity index (χ0n) is 17.2. The van der Waals surface area contributed by atoms with Crippen molar-refractivity contribution >= 4 is 5.96 Å². The first kappa shape index (κ1) is 20.9. The lowest BCUT2D eigenvalue weighted by Crippen LogP contribution is -2.47. The largest absolute Gasteiger partial charge is 0.481 e. The van der Waals surface area contributed by atoms with Crippen molar-refractivity contribution in [1.29, 1.82) is 0 Å². The van der Waals surface area contributed by atoms with Crippen molar-refractivity contribution in [2.75, 3.05) is 40.0 Å². The normalized spacial score (nSPS) is 21.6. The van der Waals surface area contributed by atoms with E-state index in [2.05, 4.69) is 22.1 Å². The summed E-state index contributed by atoms with van der Waals surface area (Å²) in [7, 11) is 1.63. The first-order chi connectivity index (χ1) is 13.8. The number of pyridine rings is 1. The van der Waals surface area contributed by atoms with E-state index in [1.165, 1.54) is 12.8 Å². The minimum absolute atomic E-state index is 0.294. The number of hydrogen-bond acceptors (Lipinski definition) is 5. The van der Waals surface area contributed by atoms with Gasteiger partial charge >= 0.3 is 0 Å². The van der Waals surface area contributed by atoms with Crippen LogP contribution in [0.5, 0.6) is 5.88 Å². The van der Waals surface area contributed by atoms with E-state index in [1.807, 2.05) is 12.1 Å². The molecule has 1 N–H and O–H groups in total. The van der Waals surface area contributed by atoms with E-state index < -0.39 is 0 Å². The second kappa shape index (κ2) is 11.2. The van der Waals surface area contributed by atoms with Crippen LogP contribution in [-0.2, 0) is 16.0 Å². The molecule has 3 heterocycles. The summed E-state index contributed by atoms with van der Waals surface area (Å²) in [5.41, 5.74) is 1.09. The maximum absolute atomic E-state index is 6.13. The summed E-state index contributed by atoms with van der Waals surface area (Å²) < 4.78 is 17.1. The molecule has 3 rings (SSSR count). The molecule has 0 aliphatic carbocycles. The number of hydrogen-bond donors (Lipinski definition) is 1. The Morgan fingerprint density at radius 1 is 1.32 bits per heavy atom. The Labute approximate surface area is 168 Å². The van der Waals surface area contributed by atoms with Gasteiger partial charge in [-0.25, -0.2) is 9.98 Å². The zero-order chi connectivity index (χ0) is 19.6. The fourth-order valence-corrected chi connectivity index (χ4v) is 3.67. The van der Waals surface area contributed by atoms with Crippen LogP contribution >= 0.6 is 0 Å². The fraction of sp³-hybridized carbons (Fsp3) is 0.714. The third kappa shape index (κ3) is 6.34. The second-order valence-electron chi connectivity index (χ2n) is 7.38. The lowest BCUT2D eigenvalue weighted by molar-refractivity contribution is -0.0721. The van der Waals surface area contributed by atoms with E-state index in [1.54, 1.807) is 13.3 Å². The number of guanidine groups is 1. The smallest absolute Gasteiger partial charge is 0.213 e. The van der Waals surface area contributed by atoms with Crippen LogP contribution in [0.1, 0.15) is 44.6 Å². The Hall–Kier alpha value is -1.86. The Balaban J connectivity index is 1.47. The quantitative estimate of drug-likeness (QED) is 0.570. The molecule has 2 saturated heterocycles. The van der Waals surface area contributed by atoms with E-state index in [4.69, 9.17) is 19.2 Å². The van der Waals surface area contributed by atoms with Crippen molar-refractivity contribution in [2.24, 2.45) is 4.99 Å². The SMILES string of the molecule is CCNC(=NCc1ccnc(OC)c1)N1CCC(OCC2CCCCO2)CC1. The maximum Gasteiger partial charge on any atom is 0.213 e. The van der Waals surface area contributed by atoms with Gasteiger partial charge in [-0.3, -0.25) is 0 Å². The van der Waals surface area contributed by atoms with Gasteiger partial charge in [-0.15, -0.1) is 0 Å². The summed E-state index contributed by atoms with van der Waals surface area (Å²) in [5, 5.41) is 3.42. The highest BCUT2D eigenvalue weighted by Crippen LogP contribution is 2.18. The molecule has 0 bridgehead atoms. The van der Waals surface area contributed by atoms with Crippen molar-refractivity contribution < 1.29 is 14.2 Å². The van der Waals surface area contributed by atoms with Crippen LogP contribution in [0, 0.1) is 0 Å². The van der Waals surface area contributed by atoms with Gasteiger partial charge < -0.3 is 24.4 Å². The van der Waals surface area contributed by atoms with Crippen molar-refractivity contribution in [3.05, 3.63) is 23.9 Å².